The highest BCUT2D eigenvalue weighted by molar-refractivity contribution is 5.85. The van der Waals surface area contributed by atoms with Crippen LogP contribution in [0, 0.1) is 5.41 Å². The predicted molar refractivity (Wildman–Crippen MR) is 146 cm³/mol. The van der Waals surface area contributed by atoms with Crippen molar-refractivity contribution in [1.82, 2.24) is 20.0 Å². The van der Waals surface area contributed by atoms with E-state index in [4.69, 9.17) is 9.47 Å². The Morgan fingerprint density at radius 1 is 0.974 bits per heavy atom. The lowest BCUT2D eigenvalue weighted by Gasteiger charge is -2.38. The highest BCUT2D eigenvalue weighted by atomic mass is 16.5. The second-order valence-corrected chi connectivity index (χ2v) is 10.7. The Kier molecular flexibility index (Phi) is 8.49. The van der Waals surface area contributed by atoms with Crippen LogP contribution in [0.25, 0.3) is 0 Å². The zero-order valence-corrected chi connectivity index (χ0v) is 22.4. The summed E-state index contributed by atoms with van der Waals surface area (Å²) in [7, 11) is 1.67. The molecule has 38 heavy (non-hydrogen) atoms. The number of methoxy groups -OCH3 is 1. The largest absolute Gasteiger partial charge is 0.497 e. The molecule has 5 rings (SSSR count). The molecule has 0 saturated carbocycles. The van der Waals surface area contributed by atoms with E-state index in [-0.39, 0.29) is 17.5 Å². The molecule has 2 aromatic carbocycles. The fourth-order valence-corrected chi connectivity index (χ4v) is 5.99. The summed E-state index contributed by atoms with van der Waals surface area (Å²) in [5, 5.41) is 3.27. The quantitative estimate of drug-likeness (QED) is 0.575. The minimum atomic E-state index is -0.216. The van der Waals surface area contributed by atoms with E-state index in [2.05, 4.69) is 22.3 Å². The minimum Gasteiger partial charge on any atom is -0.497 e. The van der Waals surface area contributed by atoms with E-state index in [1.54, 1.807) is 7.11 Å². The van der Waals surface area contributed by atoms with E-state index >= 15 is 0 Å². The van der Waals surface area contributed by atoms with Gasteiger partial charge in [-0.15, -0.1) is 0 Å². The molecule has 0 aliphatic carbocycles. The van der Waals surface area contributed by atoms with Crippen molar-refractivity contribution >= 4 is 11.9 Å². The van der Waals surface area contributed by atoms with Crippen LogP contribution in [0.4, 0.5) is 4.79 Å². The third-order valence-electron chi connectivity index (χ3n) is 8.48. The molecule has 1 N–H and O–H groups in total. The zero-order chi connectivity index (χ0) is 26.4. The van der Waals surface area contributed by atoms with Crippen LogP contribution in [0.5, 0.6) is 5.75 Å². The molecule has 3 heterocycles. The van der Waals surface area contributed by atoms with Gasteiger partial charge in [-0.05, 0) is 62.0 Å². The maximum Gasteiger partial charge on any atom is 0.318 e. The number of benzene rings is 2. The second-order valence-electron chi connectivity index (χ2n) is 10.7. The van der Waals surface area contributed by atoms with Crippen molar-refractivity contribution in [2.45, 2.75) is 38.3 Å². The van der Waals surface area contributed by atoms with Gasteiger partial charge in [0.05, 0.1) is 31.8 Å². The van der Waals surface area contributed by atoms with Crippen molar-refractivity contribution in [3.8, 4) is 5.75 Å². The molecule has 3 fully saturated rings. The zero-order valence-electron chi connectivity index (χ0n) is 22.4. The average Bonchev–Trinajstić information content (AvgIpc) is 3.27. The van der Waals surface area contributed by atoms with Crippen LogP contribution >= 0.6 is 0 Å². The van der Waals surface area contributed by atoms with Gasteiger partial charge in [0, 0.05) is 32.7 Å². The fraction of sp³-hybridized carbons (Fsp3) is 0.533. The van der Waals surface area contributed by atoms with E-state index in [1.807, 2.05) is 52.3 Å². The van der Waals surface area contributed by atoms with Gasteiger partial charge in [-0.25, -0.2) is 4.79 Å². The first-order valence-electron chi connectivity index (χ1n) is 13.9. The van der Waals surface area contributed by atoms with Crippen LogP contribution in [-0.2, 0) is 16.1 Å². The topological polar surface area (TPSA) is 74.3 Å². The Bertz CT molecular complexity index is 1060. The lowest BCUT2D eigenvalue weighted by molar-refractivity contribution is -0.138. The lowest BCUT2D eigenvalue weighted by atomic mass is 9.77. The number of nitrogens with zero attached hydrogens (tertiary/aromatic N) is 3. The summed E-state index contributed by atoms with van der Waals surface area (Å²) in [6.07, 6.45) is 3.59. The van der Waals surface area contributed by atoms with Gasteiger partial charge in [-0.3, -0.25) is 4.79 Å². The Hall–Kier alpha value is -3.10. The van der Waals surface area contributed by atoms with E-state index in [0.717, 1.165) is 68.7 Å². The molecule has 3 amide bonds. The van der Waals surface area contributed by atoms with Crippen LogP contribution in [-0.4, -0.2) is 86.2 Å². The van der Waals surface area contributed by atoms with Gasteiger partial charge < -0.3 is 29.5 Å². The third kappa shape index (κ3) is 6.13. The van der Waals surface area contributed by atoms with Gasteiger partial charge in [0.15, 0.2) is 0 Å². The molecule has 1 spiro atoms. The normalized spacial score (nSPS) is 20.5. The van der Waals surface area contributed by atoms with Gasteiger partial charge in [-0.2, -0.15) is 0 Å². The molecule has 8 heteroatoms. The summed E-state index contributed by atoms with van der Waals surface area (Å²) in [5.41, 5.74) is 2.05. The van der Waals surface area contributed by atoms with Gasteiger partial charge in [-0.1, -0.05) is 42.5 Å². The molecule has 0 aromatic heterocycles. The molecule has 2 aromatic rings. The SMILES string of the molecule is COc1ccc(CN2CCC3(CCN(CC[C@H](NC(=O)N4CCOCC4)c4ccccc4)CC3)C2=O)cc1. The van der Waals surface area contributed by atoms with Crippen LogP contribution in [0.2, 0.25) is 0 Å². The number of likely N-dealkylation sites (tertiary alicyclic amines) is 2. The lowest BCUT2D eigenvalue weighted by Crippen LogP contribution is -2.48. The summed E-state index contributed by atoms with van der Waals surface area (Å²) in [6.45, 7) is 6.66. The number of amides is 3. The number of hydrogen-bond donors (Lipinski definition) is 1. The van der Waals surface area contributed by atoms with E-state index < -0.39 is 0 Å². The van der Waals surface area contributed by atoms with Crippen molar-refractivity contribution in [3.63, 3.8) is 0 Å². The van der Waals surface area contributed by atoms with E-state index in [9.17, 15) is 9.59 Å². The molecule has 204 valence electrons. The maximum atomic E-state index is 13.5. The molecule has 3 saturated heterocycles. The Morgan fingerprint density at radius 2 is 1.66 bits per heavy atom. The number of piperidine rings is 1. The number of carbonyl (C=O) groups excluding carboxylic acids is 2. The van der Waals surface area contributed by atoms with Crippen molar-refractivity contribution in [2.24, 2.45) is 5.41 Å². The molecule has 8 nitrogen and oxygen atoms in total. The Labute approximate surface area is 225 Å². The third-order valence-corrected chi connectivity index (χ3v) is 8.48. The average molecular weight is 521 g/mol. The van der Waals surface area contributed by atoms with Crippen LogP contribution in [0.3, 0.4) is 0 Å². The summed E-state index contributed by atoms with van der Waals surface area (Å²) in [5.74, 6) is 1.15. The minimum absolute atomic E-state index is 0.0201. The smallest absolute Gasteiger partial charge is 0.318 e. The molecule has 3 aliphatic rings. The fourth-order valence-electron chi connectivity index (χ4n) is 5.99. The van der Waals surface area contributed by atoms with Crippen LogP contribution in [0.1, 0.15) is 42.9 Å². The summed E-state index contributed by atoms with van der Waals surface area (Å²) >= 11 is 0. The number of morpholine rings is 1. The number of nitrogens with one attached hydrogen (secondary N) is 1. The molecular weight excluding hydrogens is 480 g/mol. The number of rotatable bonds is 8. The second kappa shape index (κ2) is 12.2. The Balaban J connectivity index is 1.14. The molecule has 1 atom stereocenters. The molecule has 0 radical (unpaired) electrons. The van der Waals surface area contributed by atoms with Crippen molar-refractivity contribution in [2.75, 3.05) is 59.6 Å². The molecular formula is C30H40N4O4. The molecule has 0 bridgehead atoms. The van der Waals surface area contributed by atoms with Gasteiger partial charge in [0.25, 0.3) is 0 Å². The summed E-state index contributed by atoms with van der Waals surface area (Å²) in [6, 6.07) is 18.2. The van der Waals surface area contributed by atoms with Crippen LogP contribution < -0.4 is 10.1 Å². The van der Waals surface area contributed by atoms with Gasteiger partial charge in [0.1, 0.15) is 5.75 Å². The number of urea groups is 1. The summed E-state index contributed by atoms with van der Waals surface area (Å²) in [4.78, 5) is 32.7. The van der Waals surface area contributed by atoms with Crippen molar-refractivity contribution in [1.29, 1.82) is 0 Å². The van der Waals surface area contributed by atoms with Gasteiger partial charge >= 0.3 is 6.03 Å². The standard InChI is InChI=1S/C30H40N4O4/c1-37-26-9-7-24(8-10-26)23-34-18-14-30(28(34)35)12-16-32(17-13-30)15-11-27(25-5-3-2-4-6-25)31-29(36)33-19-21-38-22-20-33/h2-10,27H,11-23H2,1H3,(H,31,36)/t27-/m0/s1. The predicted octanol–water partition coefficient (Wildman–Crippen LogP) is 3.68. The van der Waals surface area contributed by atoms with Crippen molar-refractivity contribution in [3.05, 3.63) is 65.7 Å². The molecule has 0 unspecified atom stereocenters. The van der Waals surface area contributed by atoms with Crippen LogP contribution in [0.15, 0.2) is 54.6 Å². The number of hydrogen-bond acceptors (Lipinski definition) is 5. The van der Waals surface area contributed by atoms with E-state index in [1.165, 1.54) is 0 Å². The first kappa shape index (κ1) is 26.5. The number of ether oxygens (including phenoxy) is 2. The highest BCUT2D eigenvalue weighted by Gasteiger charge is 2.47. The van der Waals surface area contributed by atoms with Crippen molar-refractivity contribution < 1.29 is 19.1 Å². The monoisotopic (exact) mass is 520 g/mol. The first-order valence-corrected chi connectivity index (χ1v) is 13.9. The maximum absolute atomic E-state index is 13.5. The molecule has 3 aliphatic heterocycles. The summed E-state index contributed by atoms with van der Waals surface area (Å²) < 4.78 is 10.7. The van der Waals surface area contributed by atoms with E-state index in [0.29, 0.717) is 38.8 Å². The Morgan fingerprint density at radius 3 is 2.34 bits per heavy atom. The number of carbonyl (C=O) groups is 2. The van der Waals surface area contributed by atoms with Gasteiger partial charge in [0.2, 0.25) is 5.91 Å². The first-order chi connectivity index (χ1) is 18.6. The highest BCUT2D eigenvalue weighted by Crippen LogP contribution is 2.42.